The van der Waals surface area contributed by atoms with Crippen molar-refractivity contribution in [1.82, 2.24) is 19.9 Å². The van der Waals surface area contributed by atoms with Crippen molar-refractivity contribution < 1.29 is 0 Å². The first-order valence-corrected chi connectivity index (χ1v) is 13.1. The van der Waals surface area contributed by atoms with Crippen molar-refractivity contribution in [2.45, 2.75) is 39.2 Å². The van der Waals surface area contributed by atoms with E-state index in [0.717, 1.165) is 72.3 Å². The van der Waals surface area contributed by atoms with Gasteiger partial charge in [0.25, 0.3) is 0 Å². The topological polar surface area (TPSA) is 70.1 Å². The Hall–Kier alpha value is -3.45. The number of fused-ring (bicyclic) bond motifs is 1. The van der Waals surface area contributed by atoms with E-state index >= 15 is 0 Å². The van der Waals surface area contributed by atoms with Crippen LogP contribution in [0.2, 0.25) is 5.02 Å². The van der Waals surface area contributed by atoms with Gasteiger partial charge in [-0.2, -0.15) is 4.98 Å². The van der Waals surface area contributed by atoms with Crippen LogP contribution in [-0.2, 0) is 6.54 Å². The van der Waals surface area contributed by atoms with Gasteiger partial charge in [0, 0.05) is 66.4 Å². The molecule has 186 valence electrons. The van der Waals surface area contributed by atoms with E-state index in [1.54, 1.807) is 0 Å². The maximum absolute atomic E-state index is 6.14. The largest absolute Gasteiger partial charge is 0.384 e. The number of benzene rings is 1. The summed E-state index contributed by atoms with van der Waals surface area (Å²) in [5.74, 6) is 1.80. The fraction of sp³-hybridized carbons (Fsp3) is 0.357. The van der Waals surface area contributed by atoms with Crippen LogP contribution in [0.1, 0.15) is 37.1 Å². The van der Waals surface area contributed by atoms with Gasteiger partial charge in [-0.3, -0.25) is 9.97 Å². The van der Waals surface area contributed by atoms with Crippen molar-refractivity contribution in [3.05, 3.63) is 77.3 Å². The fourth-order valence-corrected chi connectivity index (χ4v) is 4.83. The van der Waals surface area contributed by atoms with Crippen molar-refractivity contribution >= 4 is 40.0 Å². The second-order valence-corrected chi connectivity index (χ2v) is 9.69. The van der Waals surface area contributed by atoms with Crippen LogP contribution in [0.4, 0.5) is 17.5 Å². The number of nitrogens with one attached hydrogen (secondary N) is 1. The summed E-state index contributed by atoms with van der Waals surface area (Å²) in [6.07, 6.45) is 8.29. The minimum absolute atomic E-state index is 0.696. The van der Waals surface area contributed by atoms with Crippen LogP contribution in [0.3, 0.4) is 0 Å². The number of anilines is 3. The summed E-state index contributed by atoms with van der Waals surface area (Å²) in [7, 11) is 0. The zero-order chi connectivity index (χ0) is 24.7. The van der Waals surface area contributed by atoms with Gasteiger partial charge < -0.3 is 15.1 Å². The third-order valence-corrected chi connectivity index (χ3v) is 6.73. The number of pyridine rings is 2. The Kier molecular flexibility index (Phi) is 7.76. The van der Waals surface area contributed by atoms with E-state index in [1.807, 2.05) is 48.8 Å². The summed E-state index contributed by atoms with van der Waals surface area (Å²) < 4.78 is 0. The molecule has 5 rings (SSSR count). The number of halogens is 1. The van der Waals surface area contributed by atoms with Gasteiger partial charge in [-0.15, -0.1) is 0 Å². The molecule has 1 fully saturated rings. The third-order valence-electron chi connectivity index (χ3n) is 6.50. The number of aryl methyl sites for hydroxylation is 1. The minimum atomic E-state index is 0.696. The Labute approximate surface area is 217 Å². The Morgan fingerprint density at radius 2 is 1.86 bits per heavy atom. The number of hydrogen-bond donors (Lipinski definition) is 1. The lowest BCUT2D eigenvalue weighted by Gasteiger charge is -2.29. The van der Waals surface area contributed by atoms with Gasteiger partial charge >= 0.3 is 0 Å². The van der Waals surface area contributed by atoms with Gasteiger partial charge in [0.15, 0.2) is 0 Å². The monoisotopic (exact) mass is 501 g/mol. The first kappa shape index (κ1) is 24.3. The molecule has 1 saturated heterocycles. The van der Waals surface area contributed by atoms with Crippen molar-refractivity contribution in [1.29, 1.82) is 0 Å². The molecular formula is C28H32ClN7. The quantitative estimate of drug-likeness (QED) is 0.287. The molecule has 0 saturated carbocycles. The molecular weight excluding hydrogens is 470 g/mol. The molecule has 4 aromatic rings. The third kappa shape index (κ3) is 6.02. The summed E-state index contributed by atoms with van der Waals surface area (Å²) in [6.45, 7) is 6.47. The van der Waals surface area contributed by atoms with Crippen LogP contribution in [0, 0.1) is 6.92 Å². The lowest BCUT2D eigenvalue weighted by Crippen LogP contribution is -2.32. The molecule has 0 aliphatic carbocycles. The molecule has 1 aliphatic heterocycles. The highest BCUT2D eigenvalue weighted by atomic mass is 35.5. The molecule has 36 heavy (non-hydrogen) atoms. The van der Waals surface area contributed by atoms with E-state index in [0.29, 0.717) is 11.6 Å². The van der Waals surface area contributed by atoms with Crippen molar-refractivity contribution in [3.63, 3.8) is 0 Å². The van der Waals surface area contributed by atoms with Crippen LogP contribution in [0.5, 0.6) is 0 Å². The normalized spacial score (nSPS) is 13.7. The molecule has 0 radical (unpaired) electrons. The van der Waals surface area contributed by atoms with Crippen LogP contribution in [-0.4, -0.2) is 46.1 Å². The molecule has 4 heterocycles. The Balaban J connectivity index is 1.31. The molecule has 0 unspecified atom stereocenters. The summed E-state index contributed by atoms with van der Waals surface area (Å²) in [6, 6.07) is 16.0. The average molecular weight is 502 g/mol. The average Bonchev–Trinajstić information content (AvgIpc) is 2.91. The molecule has 1 aliphatic rings. The molecule has 0 spiro atoms. The second kappa shape index (κ2) is 11.5. The summed E-state index contributed by atoms with van der Waals surface area (Å²) in [5, 5.41) is 5.36. The van der Waals surface area contributed by atoms with Crippen LogP contribution in [0.15, 0.2) is 60.9 Å². The predicted molar refractivity (Wildman–Crippen MR) is 148 cm³/mol. The van der Waals surface area contributed by atoms with Gasteiger partial charge in [-0.1, -0.05) is 17.7 Å². The van der Waals surface area contributed by atoms with Crippen molar-refractivity contribution in [2.24, 2.45) is 0 Å². The number of piperidine rings is 1. The molecule has 0 bridgehead atoms. The molecule has 8 heteroatoms. The first-order chi connectivity index (χ1) is 17.7. The van der Waals surface area contributed by atoms with Crippen molar-refractivity contribution in [3.8, 4) is 0 Å². The summed E-state index contributed by atoms with van der Waals surface area (Å²) >= 11 is 6.14. The maximum Gasteiger partial charge on any atom is 0.227 e. The number of nitrogens with zero attached hydrogens (tertiary/aromatic N) is 6. The van der Waals surface area contributed by atoms with E-state index in [9.17, 15) is 0 Å². The summed E-state index contributed by atoms with van der Waals surface area (Å²) in [5.41, 5.74) is 3.98. The van der Waals surface area contributed by atoms with Gasteiger partial charge in [0.05, 0.1) is 17.8 Å². The molecule has 0 atom stereocenters. The molecule has 0 amide bonds. The van der Waals surface area contributed by atoms with Crippen LogP contribution < -0.4 is 15.1 Å². The molecule has 3 aromatic heterocycles. The summed E-state index contributed by atoms with van der Waals surface area (Å²) in [4.78, 5) is 23.4. The van der Waals surface area contributed by atoms with E-state index in [2.05, 4.69) is 44.1 Å². The SMILES string of the molecule is Cc1cc(N(CCCNc2ccnc3cc(Cl)ccc23)Cc2ccccn2)nc(N2CCCCC2)n1. The Morgan fingerprint density at radius 3 is 2.69 bits per heavy atom. The Morgan fingerprint density at radius 1 is 0.972 bits per heavy atom. The molecule has 1 N–H and O–H groups in total. The smallest absolute Gasteiger partial charge is 0.227 e. The lowest BCUT2D eigenvalue weighted by atomic mass is 10.1. The molecule has 1 aromatic carbocycles. The second-order valence-electron chi connectivity index (χ2n) is 9.26. The molecule has 7 nitrogen and oxygen atoms in total. The zero-order valence-corrected chi connectivity index (χ0v) is 21.5. The van der Waals surface area contributed by atoms with Crippen molar-refractivity contribution in [2.75, 3.05) is 41.3 Å². The highest BCUT2D eigenvalue weighted by Crippen LogP contribution is 2.25. The van der Waals surface area contributed by atoms with Gasteiger partial charge in [0.1, 0.15) is 5.82 Å². The van der Waals surface area contributed by atoms with E-state index in [4.69, 9.17) is 21.6 Å². The van der Waals surface area contributed by atoms with Gasteiger partial charge in [0.2, 0.25) is 5.95 Å². The maximum atomic E-state index is 6.14. The van der Waals surface area contributed by atoms with E-state index < -0.39 is 0 Å². The zero-order valence-electron chi connectivity index (χ0n) is 20.7. The minimum Gasteiger partial charge on any atom is -0.384 e. The van der Waals surface area contributed by atoms with E-state index in [1.165, 1.54) is 19.3 Å². The standard InChI is InChI=1S/C28H32ClN7/c1-21-18-27(34-28(33-21)35-15-5-2-6-16-35)36(20-23-8-3-4-12-30-23)17-7-13-31-25-11-14-32-26-19-22(29)9-10-24(25)26/h3-4,8-12,14,18-19H,2,5-7,13,15-17,20H2,1H3,(H,31,32). The highest BCUT2D eigenvalue weighted by Gasteiger charge is 2.17. The fourth-order valence-electron chi connectivity index (χ4n) is 4.66. The van der Waals surface area contributed by atoms with Gasteiger partial charge in [-0.05, 0) is 69.0 Å². The van der Waals surface area contributed by atoms with Crippen LogP contribution >= 0.6 is 11.6 Å². The lowest BCUT2D eigenvalue weighted by molar-refractivity contribution is 0.567. The van der Waals surface area contributed by atoms with Gasteiger partial charge in [-0.25, -0.2) is 4.98 Å². The first-order valence-electron chi connectivity index (χ1n) is 12.7. The number of aromatic nitrogens is 4. The number of rotatable bonds is 9. The number of hydrogen-bond acceptors (Lipinski definition) is 7. The predicted octanol–water partition coefficient (Wildman–Crippen LogP) is 5.88. The van der Waals surface area contributed by atoms with E-state index in [-0.39, 0.29) is 0 Å². The Bertz CT molecular complexity index is 1290. The van der Waals surface area contributed by atoms with Crippen LogP contribution in [0.25, 0.3) is 10.9 Å². The highest BCUT2D eigenvalue weighted by molar-refractivity contribution is 6.31.